The molecule has 0 amide bonds. The van der Waals surface area contributed by atoms with Crippen molar-refractivity contribution in [2.24, 2.45) is 5.73 Å². The molecule has 2 aromatic rings. The molecule has 1 aromatic heterocycles. The molecule has 1 fully saturated rings. The van der Waals surface area contributed by atoms with Crippen molar-refractivity contribution in [3.8, 4) is 11.4 Å². The summed E-state index contributed by atoms with van der Waals surface area (Å²) in [7, 11) is 0. The van der Waals surface area contributed by atoms with Gasteiger partial charge in [0.25, 0.3) is 0 Å². The molecule has 1 saturated carbocycles. The van der Waals surface area contributed by atoms with Gasteiger partial charge in [0.05, 0.1) is 11.4 Å². The Labute approximate surface area is 99.7 Å². The van der Waals surface area contributed by atoms with Crippen molar-refractivity contribution >= 4 is 0 Å². The Hall–Kier alpha value is -1.81. The SMILES string of the molecule is NCc1cc(C2CC2)n(-c2ccc(O)cc2)n1. The van der Waals surface area contributed by atoms with E-state index < -0.39 is 0 Å². The molecule has 4 nitrogen and oxygen atoms in total. The van der Waals surface area contributed by atoms with E-state index >= 15 is 0 Å². The Balaban J connectivity index is 2.05. The van der Waals surface area contributed by atoms with Gasteiger partial charge in [-0.05, 0) is 43.2 Å². The highest BCUT2D eigenvalue weighted by molar-refractivity contribution is 5.39. The van der Waals surface area contributed by atoms with Gasteiger partial charge >= 0.3 is 0 Å². The summed E-state index contributed by atoms with van der Waals surface area (Å²) in [5, 5.41) is 13.8. The van der Waals surface area contributed by atoms with Crippen molar-refractivity contribution < 1.29 is 5.11 Å². The average molecular weight is 229 g/mol. The number of nitrogens with zero attached hydrogens (tertiary/aromatic N) is 2. The van der Waals surface area contributed by atoms with Crippen LogP contribution in [0.15, 0.2) is 30.3 Å². The molecular formula is C13H15N3O. The van der Waals surface area contributed by atoms with Crippen molar-refractivity contribution in [2.45, 2.75) is 25.3 Å². The van der Waals surface area contributed by atoms with E-state index in [0.29, 0.717) is 12.5 Å². The molecular weight excluding hydrogens is 214 g/mol. The Bertz CT molecular complexity index is 526. The Kier molecular flexibility index (Phi) is 2.37. The minimum Gasteiger partial charge on any atom is -0.508 e. The first-order valence-electron chi connectivity index (χ1n) is 5.86. The van der Waals surface area contributed by atoms with Crippen LogP contribution in [0.4, 0.5) is 0 Å². The van der Waals surface area contributed by atoms with Crippen LogP contribution in [0.25, 0.3) is 5.69 Å². The highest BCUT2D eigenvalue weighted by Gasteiger charge is 2.28. The minimum absolute atomic E-state index is 0.271. The summed E-state index contributed by atoms with van der Waals surface area (Å²) in [6.07, 6.45) is 2.46. The van der Waals surface area contributed by atoms with Gasteiger partial charge in [-0.3, -0.25) is 0 Å². The van der Waals surface area contributed by atoms with E-state index in [0.717, 1.165) is 11.4 Å². The van der Waals surface area contributed by atoms with Gasteiger partial charge < -0.3 is 10.8 Å². The summed E-state index contributed by atoms with van der Waals surface area (Å²) in [6.45, 7) is 0.463. The number of nitrogens with two attached hydrogens (primary N) is 1. The van der Waals surface area contributed by atoms with Gasteiger partial charge in [-0.2, -0.15) is 5.10 Å². The molecule has 0 saturated heterocycles. The predicted molar refractivity (Wildman–Crippen MR) is 65.1 cm³/mol. The fourth-order valence-corrected chi connectivity index (χ4v) is 2.02. The summed E-state index contributed by atoms with van der Waals surface area (Å²) in [6, 6.07) is 9.18. The van der Waals surface area contributed by atoms with Crippen molar-refractivity contribution in [3.05, 3.63) is 41.7 Å². The third kappa shape index (κ3) is 1.91. The van der Waals surface area contributed by atoms with E-state index in [9.17, 15) is 5.11 Å². The van der Waals surface area contributed by atoms with Crippen LogP contribution in [0.5, 0.6) is 5.75 Å². The molecule has 1 aliphatic rings. The third-order valence-electron chi connectivity index (χ3n) is 3.09. The Morgan fingerprint density at radius 3 is 2.59 bits per heavy atom. The molecule has 0 aliphatic heterocycles. The number of aromatic hydroxyl groups is 1. The predicted octanol–water partition coefficient (Wildman–Crippen LogP) is 1.91. The molecule has 3 rings (SSSR count). The molecule has 1 heterocycles. The lowest BCUT2D eigenvalue weighted by molar-refractivity contribution is 0.475. The summed E-state index contributed by atoms with van der Waals surface area (Å²) >= 11 is 0. The van der Waals surface area contributed by atoms with Crippen LogP contribution in [0.2, 0.25) is 0 Å². The number of hydrogen-bond donors (Lipinski definition) is 2. The number of rotatable bonds is 3. The van der Waals surface area contributed by atoms with Crippen LogP contribution in [-0.4, -0.2) is 14.9 Å². The monoisotopic (exact) mass is 229 g/mol. The lowest BCUT2D eigenvalue weighted by Crippen LogP contribution is -2.02. The molecule has 0 spiro atoms. The van der Waals surface area contributed by atoms with Gasteiger partial charge in [0, 0.05) is 18.2 Å². The molecule has 88 valence electrons. The van der Waals surface area contributed by atoms with Gasteiger partial charge in [-0.15, -0.1) is 0 Å². The number of aromatic nitrogens is 2. The first kappa shape index (κ1) is 10.4. The maximum absolute atomic E-state index is 9.30. The molecule has 0 atom stereocenters. The maximum atomic E-state index is 9.30. The highest BCUT2D eigenvalue weighted by Crippen LogP contribution is 2.41. The molecule has 0 unspecified atom stereocenters. The molecule has 3 N–H and O–H groups in total. The van der Waals surface area contributed by atoms with Crippen molar-refractivity contribution in [1.82, 2.24) is 9.78 Å². The summed E-state index contributed by atoms with van der Waals surface area (Å²) < 4.78 is 1.94. The van der Waals surface area contributed by atoms with E-state index in [1.165, 1.54) is 18.5 Å². The van der Waals surface area contributed by atoms with Crippen LogP contribution in [-0.2, 0) is 6.54 Å². The second kappa shape index (κ2) is 3.89. The zero-order valence-electron chi connectivity index (χ0n) is 9.50. The first-order valence-corrected chi connectivity index (χ1v) is 5.86. The molecule has 0 bridgehead atoms. The lowest BCUT2D eigenvalue weighted by atomic mass is 10.2. The fourth-order valence-electron chi connectivity index (χ4n) is 2.02. The third-order valence-corrected chi connectivity index (χ3v) is 3.09. The summed E-state index contributed by atoms with van der Waals surface area (Å²) in [5.41, 5.74) is 8.76. The smallest absolute Gasteiger partial charge is 0.115 e. The topological polar surface area (TPSA) is 64.1 Å². The van der Waals surface area contributed by atoms with Crippen molar-refractivity contribution in [1.29, 1.82) is 0 Å². The van der Waals surface area contributed by atoms with Crippen LogP contribution in [0.1, 0.15) is 30.1 Å². The molecule has 1 aliphatic carbocycles. The van der Waals surface area contributed by atoms with Crippen molar-refractivity contribution in [2.75, 3.05) is 0 Å². The van der Waals surface area contributed by atoms with Crippen LogP contribution in [0.3, 0.4) is 0 Å². The molecule has 4 heteroatoms. The molecule has 0 radical (unpaired) electrons. The fraction of sp³-hybridized carbons (Fsp3) is 0.308. The van der Waals surface area contributed by atoms with E-state index in [-0.39, 0.29) is 5.75 Å². The second-order valence-corrected chi connectivity index (χ2v) is 4.47. The summed E-state index contributed by atoms with van der Waals surface area (Å²) in [4.78, 5) is 0. The van der Waals surface area contributed by atoms with Crippen molar-refractivity contribution in [3.63, 3.8) is 0 Å². The number of phenols is 1. The van der Waals surface area contributed by atoms with Gasteiger partial charge in [0.2, 0.25) is 0 Å². The Morgan fingerprint density at radius 1 is 1.29 bits per heavy atom. The minimum atomic E-state index is 0.271. The van der Waals surface area contributed by atoms with E-state index in [1.54, 1.807) is 12.1 Å². The van der Waals surface area contributed by atoms with Gasteiger partial charge in [-0.25, -0.2) is 4.68 Å². The maximum Gasteiger partial charge on any atom is 0.115 e. The van der Waals surface area contributed by atoms with Crippen LogP contribution in [0, 0.1) is 0 Å². The lowest BCUT2D eigenvalue weighted by Gasteiger charge is -2.06. The van der Waals surface area contributed by atoms with E-state index in [4.69, 9.17) is 5.73 Å². The number of hydrogen-bond acceptors (Lipinski definition) is 3. The summed E-state index contributed by atoms with van der Waals surface area (Å²) in [5.74, 6) is 0.893. The zero-order valence-corrected chi connectivity index (χ0v) is 9.50. The van der Waals surface area contributed by atoms with Gasteiger partial charge in [-0.1, -0.05) is 0 Å². The Morgan fingerprint density at radius 2 is 2.00 bits per heavy atom. The second-order valence-electron chi connectivity index (χ2n) is 4.47. The normalized spacial score (nSPS) is 15.1. The largest absolute Gasteiger partial charge is 0.508 e. The zero-order chi connectivity index (χ0) is 11.8. The first-order chi connectivity index (χ1) is 8.28. The van der Waals surface area contributed by atoms with Gasteiger partial charge in [0.15, 0.2) is 0 Å². The quantitative estimate of drug-likeness (QED) is 0.845. The molecule has 17 heavy (non-hydrogen) atoms. The standard InChI is InChI=1S/C13H15N3O/c14-8-10-7-13(9-1-2-9)16(15-10)11-3-5-12(17)6-4-11/h3-7,9,17H,1-2,8,14H2. The van der Waals surface area contributed by atoms with Crippen LogP contribution < -0.4 is 5.73 Å². The van der Waals surface area contributed by atoms with Crippen LogP contribution >= 0.6 is 0 Å². The van der Waals surface area contributed by atoms with Gasteiger partial charge in [0.1, 0.15) is 5.75 Å². The average Bonchev–Trinajstić information content (AvgIpc) is 3.10. The van der Waals surface area contributed by atoms with E-state index in [2.05, 4.69) is 11.2 Å². The number of benzene rings is 1. The number of phenolic OH excluding ortho intramolecular Hbond substituents is 1. The molecule has 1 aromatic carbocycles. The highest BCUT2D eigenvalue weighted by atomic mass is 16.3. The van der Waals surface area contributed by atoms with E-state index in [1.807, 2.05) is 16.8 Å².